The predicted octanol–water partition coefficient (Wildman–Crippen LogP) is -2.51. The number of rotatable bonds is 18. The summed E-state index contributed by atoms with van der Waals surface area (Å²) in [5, 5.41) is 34.5. The Morgan fingerprint density at radius 3 is 1.90 bits per heavy atom. The van der Waals surface area contributed by atoms with Gasteiger partial charge in [0.15, 0.2) is 5.96 Å². The molecule has 0 aromatic heterocycles. The first kappa shape index (κ1) is 33.3. The van der Waals surface area contributed by atoms with E-state index in [-0.39, 0.29) is 38.2 Å². The quantitative estimate of drug-likeness (QED) is 0.0506. The number of guanidine groups is 1. The van der Waals surface area contributed by atoms with E-state index in [2.05, 4.69) is 20.9 Å². The van der Waals surface area contributed by atoms with E-state index in [4.69, 9.17) is 22.3 Å². The number of nitrogens with two attached hydrogens (primary N) is 3. The summed E-state index contributed by atoms with van der Waals surface area (Å²) in [5.74, 6) is -7.04. The van der Waals surface area contributed by atoms with E-state index in [1.54, 1.807) is 30.3 Å². The van der Waals surface area contributed by atoms with Crippen molar-refractivity contribution in [2.75, 3.05) is 6.54 Å². The van der Waals surface area contributed by atoms with E-state index >= 15 is 0 Å². The number of amides is 3. The third-order valence-corrected chi connectivity index (χ3v) is 5.49. The molecule has 16 nitrogen and oxygen atoms in total. The molecule has 0 spiro atoms. The van der Waals surface area contributed by atoms with Crippen LogP contribution >= 0.6 is 0 Å². The third-order valence-electron chi connectivity index (χ3n) is 5.49. The highest BCUT2D eigenvalue weighted by Gasteiger charge is 2.31. The van der Waals surface area contributed by atoms with Crippen LogP contribution in [0, 0.1) is 0 Å². The monoisotopic (exact) mass is 565 g/mol. The van der Waals surface area contributed by atoms with E-state index in [9.17, 15) is 39.0 Å². The average molecular weight is 566 g/mol. The topological polar surface area (TPSA) is 290 Å². The molecule has 0 saturated carbocycles. The van der Waals surface area contributed by atoms with Crippen LogP contribution in [0.4, 0.5) is 0 Å². The fourth-order valence-electron chi connectivity index (χ4n) is 3.44. The number of carboxylic acid groups (broad SMARTS) is 3. The van der Waals surface area contributed by atoms with Gasteiger partial charge in [-0.25, -0.2) is 4.79 Å². The smallest absolute Gasteiger partial charge is 0.326 e. The van der Waals surface area contributed by atoms with Crippen molar-refractivity contribution in [1.82, 2.24) is 16.0 Å². The van der Waals surface area contributed by atoms with Crippen molar-refractivity contribution >= 4 is 41.6 Å². The molecule has 0 aliphatic rings. The Hall–Kier alpha value is -4.73. The molecule has 0 radical (unpaired) electrons. The van der Waals surface area contributed by atoms with Gasteiger partial charge in [-0.1, -0.05) is 30.3 Å². The Kier molecular flexibility index (Phi) is 14.1. The molecule has 0 saturated heterocycles. The van der Waals surface area contributed by atoms with E-state index in [0.29, 0.717) is 5.56 Å². The zero-order chi connectivity index (χ0) is 30.2. The van der Waals surface area contributed by atoms with Crippen molar-refractivity contribution in [3.8, 4) is 0 Å². The fourth-order valence-corrected chi connectivity index (χ4v) is 3.44. The zero-order valence-electron chi connectivity index (χ0n) is 21.6. The molecule has 12 N–H and O–H groups in total. The summed E-state index contributed by atoms with van der Waals surface area (Å²) in [6.07, 6.45) is -1.46. The van der Waals surface area contributed by atoms with Crippen molar-refractivity contribution in [1.29, 1.82) is 0 Å². The Morgan fingerprint density at radius 1 is 0.775 bits per heavy atom. The summed E-state index contributed by atoms with van der Waals surface area (Å²) >= 11 is 0. The second-order valence-corrected chi connectivity index (χ2v) is 8.80. The van der Waals surface area contributed by atoms with Crippen LogP contribution in [-0.4, -0.2) is 87.6 Å². The maximum absolute atomic E-state index is 13.1. The van der Waals surface area contributed by atoms with Crippen LogP contribution in [0.1, 0.15) is 37.7 Å². The average Bonchev–Trinajstić information content (AvgIpc) is 2.87. The van der Waals surface area contributed by atoms with Gasteiger partial charge in [0.1, 0.15) is 18.1 Å². The number of hydrogen-bond acceptors (Lipinski definition) is 8. The maximum atomic E-state index is 13.1. The molecule has 3 amide bonds. The molecule has 4 atom stereocenters. The zero-order valence-corrected chi connectivity index (χ0v) is 21.6. The van der Waals surface area contributed by atoms with Crippen LogP contribution in [0.3, 0.4) is 0 Å². The number of nitrogens with zero attached hydrogens (tertiary/aromatic N) is 1. The van der Waals surface area contributed by atoms with Crippen molar-refractivity contribution in [3.05, 3.63) is 35.9 Å². The lowest BCUT2D eigenvalue weighted by Gasteiger charge is -2.25. The largest absolute Gasteiger partial charge is 0.481 e. The molecular formula is C24H35N7O9. The summed E-state index contributed by atoms with van der Waals surface area (Å²) < 4.78 is 0. The van der Waals surface area contributed by atoms with E-state index in [1.807, 2.05) is 0 Å². The SMILES string of the molecule is NC(N)=NCCCC(NC(=O)C(Cc1ccccc1)NC(=O)C(CC(=O)O)NC(=O)C(N)CCC(=O)O)C(=O)O. The second-order valence-electron chi connectivity index (χ2n) is 8.80. The molecule has 0 bridgehead atoms. The van der Waals surface area contributed by atoms with E-state index < -0.39 is 72.6 Å². The summed E-state index contributed by atoms with van der Waals surface area (Å²) in [6, 6.07) is 2.70. The summed E-state index contributed by atoms with van der Waals surface area (Å²) in [5.41, 5.74) is 16.7. The number of carboxylic acids is 3. The first-order chi connectivity index (χ1) is 18.8. The Labute approximate surface area is 229 Å². The molecule has 1 aromatic carbocycles. The number of hydrogen-bond donors (Lipinski definition) is 9. The summed E-state index contributed by atoms with van der Waals surface area (Å²) in [6.45, 7) is 0.122. The number of carbonyl (C=O) groups excluding carboxylic acids is 3. The van der Waals surface area contributed by atoms with Crippen LogP contribution in [-0.2, 0) is 35.2 Å². The van der Waals surface area contributed by atoms with Gasteiger partial charge in [-0.05, 0) is 24.8 Å². The molecule has 0 heterocycles. The summed E-state index contributed by atoms with van der Waals surface area (Å²) in [7, 11) is 0. The predicted molar refractivity (Wildman–Crippen MR) is 141 cm³/mol. The molecule has 40 heavy (non-hydrogen) atoms. The van der Waals surface area contributed by atoms with Gasteiger partial charge in [0.2, 0.25) is 17.7 Å². The number of aliphatic imine (C=N–C) groups is 1. The highest BCUT2D eigenvalue weighted by atomic mass is 16.4. The standard InChI is InChI=1S/C24H35N7O9/c25-14(8-9-18(32)33)20(36)30-17(12-19(34)35)22(38)31-16(11-13-5-2-1-3-6-13)21(37)29-15(23(39)40)7-4-10-28-24(26)27/h1-3,5-6,14-17H,4,7-12,25H2,(H,29,37)(H,30,36)(H,31,38)(H,32,33)(H,34,35)(H,39,40)(H4,26,27,28). The van der Waals surface area contributed by atoms with Gasteiger partial charge in [-0.2, -0.15) is 0 Å². The van der Waals surface area contributed by atoms with Gasteiger partial charge in [-0.15, -0.1) is 0 Å². The van der Waals surface area contributed by atoms with Crippen molar-refractivity contribution < 1.29 is 44.1 Å². The minimum atomic E-state index is -1.66. The maximum Gasteiger partial charge on any atom is 0.326 e. The molecule has 4 unspecified atom stereocenters. The van der Waals surface area contributed by atoms with Crippen molar-refractivity contribution in [3.63, 3.8) is 0 Å². The van der Waals surface area contributed by atoms with Crippen molar-refractivity contribution in [2.45, 2.75) is 62.7 Å². The number of benzene rings is 1. The van der Waals surface area contributed by atoms with Gasteiger partial charge in [0, 0.05) is 19.4 Å². The molecule has 220 valence electrons. The molecule has 0 fully saturated rings. The lowest BCUT2D eigenvalue weighted by Crippen LogP contribution is -2.58. The Bertz CT molecular complexity index is 1080. The van der Waals surface area contributed by atoms with Crippen molar-refractivity contribution in [2.24, 2.45) is 22.2 Å². The molecule has 1 rings (SSSR count). The lowest BCUT2D eigenvalue weighted by atomic mass is 10.0. The number of carbonyl (C=O) groups is 6. The Balaban J connectivity index is 3.09. The minimum Gasteiger partial charge on any atom is -0.481 e. The Morgan fingerprint density at radius 2 is 1.35 bits per heavy atom. The van der Waals surface area contributed by atoms with Crippen LogP contribution in [0.25, 0.3) is 0 Å². The molecule has 1 aromatic rings. The third kappa shape index (κ3) is 13.2. The van der Waals surface area contributed by atoms with Crippen LogP contribution < -0.4 is 33.2 Å². The number of nitrogens with one attached hydrogen (secondary N) is 3. The van der Waals surface area contributed by atoms with Gasteiger partial charge < -0.3 is 48.5 Å². The molecule has 16 heteroatoms. The lowest BCUT2D eigenvalue weighted by molar-refractivity contribution is -0.143. The van der Waals surface area contributed by atoms with Crippen LogP contribution in [0.15, 0.2) is 35.3 Å². The molecule has 0 aliphatic carbocycles. The first-order valence-electron chi connectivity index (χ1n) is 12.2. The highest BCUT2D eigenvalue weighted by molar-refractivity contribution is 5.95. The van der Waals surface area contributed by atoms with Crippen LogP contribution in [0.2, 0.25) is 0 Å². The highest BCUT2D eigenvalue weighted by Crippen LogP contribution is 2.07. The van der Waals surface area contributed by atoms with E-state index in [1.165, 1.54) is 0 Å². The molecular weight excluding hydrogens is 530 g/mol. The number of aliphatic carboxylic acids is 3. The fraction of sp³-hybridized carbons (Fsp3) is 0.458. The summed E-state index contributed by atoms with van der Waals surface area (Å²) in [4.78, 5) is 76.1. The van der Waals surface area contributed by atoms with Gasteiger partial charge in [-0.3, -0.25) is 29.0 Å². The van der Waals surface area contributed by atoms with Gasteiger partial charge in [0.25, 0.3) is 0 Å². The minimum absolute atomic E-state index is 0.0320. The van der Waals surface area contributed by atoms with Crippen LogP contribution in [0.5, 0.6) is 0 Å². The van der Waals surface area contributed by atoms with E-state index in [0.717, 1.165) is 0 Å². The molecule has 0 aliphatic heterocycles. The van der Waals surface area contributed by atoms with Gasteiger partial charge in [0.05, 0.1) is 12.5 Å². The first-order valence-corrected chi connectivity index (χ1v) is 12.2. The van der Waals surface area contributed by atoms with Gasteiger partial charge >= 0.3 is 17.9 Å². The normalized spacial score (nSPS) is 13.5. The second kappa shape index (κ2) is 17.0.